The van der Waals surface area contributed by atoms with E-state index >= 15 is 0 Å². The van der Waals surface area contributed by atoms with Crippen LogP contribution in [0.1, 0.15) is 99.3 Å². The van der Waals surface area contributed by atoms with Gasteiger partial charge in [0.05, 0.1) is 11.4 Å². The number of primary amides is 1. The van der Waals surface area contributed by atoms with Crippen LogP contribution in [0.25, 0.3) is 0 Å². The molecule has 5 atom stereocenters. The summed E-state index contributed by atoms with van der Waals surface area (Å²) in [6.45, 7) is 15.2. The van der Waals surface area contributed by atoms with E-state index in [4.69, 9.17) is 14.9 Å². The number of amides is 4. The molecule has 0 radical (unpaired) electrons. The molecule has 3 fully saturated rings. The number of allylic oxidation sites excluding steroid dienone is 1. The summed E-state index contributed by atoms with van der Waals surface area (Å²) in [5.74, 6) is -3.13. The van der Waals surface area contributed by atoms with Gasteiger partial charge in [0.25, 0.3) is 11.8 Å². The molecule has 0 aromatic rings. The molecular weight excluding hydrogens is 629 g/mol. The zero-order chi connectivity index (χ0) is 34.5. The highest BCUT2D eigenvalue weighted by molar-refractivity contribution is 7.94. The van der Waals surface area contributed by atoms with Gasteiger partial charge >= 0.3 is 6.09 Å². The average molecular weight is 683 g/mol. The van der Waals surface area contributed by atoms with Crippen molar-refractivity contribution in [1.29, 1.82) is 0 Å². The van der Waals surface area contributed by atoms with Crippen molar-refractivity contribution < 1.29 is 36.8 Å². The molecule has 2 saturated carbocycles. The minimum Gasteiger partial charge on any atom is -0.444 e. The van der Waals surface area contributed by atoms with Gasteiger partial charge in [0.2, 0.25) is 11.4 Å². The summed E-state index contributed by atoms with van der Waals surface area (Å²) in [5, 5.41) is 4.69. The summed E-state index contributed by atoms with van der Waals surface area (Å²) in [7, 11) is -6.27. The number of hydrogen-bond acceptors (Lipinski definition) is 8. The van der Waals surface area contributed by atoms with E-state index in [1.54, 1.807) is 20.8 Å². The average Bonchev–Trinajstić information content (AvgIpc) is 3.82. The number of fused-ring (bicyclic) bond motifs is 2. The third-order valence-electron chi connectivity index (χ3n) is 10.2. The first-order valence-corrected chi connectivity index (χ1v) is 21.0. The van der Waals surface area contributed by atoms with E-state index in [9.17, 15) is 27.6 Å². The van der Waals surface area contributed by atoms with E-state index in [-0.39, 0.29) is 30.8 Å². The summed E-state index contributed by atoms with van der Waals surface area (Å²) in [6, 6.07) is -1.12. The van der Waals surface area contributed by atoms with E-state index < -0.39 is 81.3 Å². The largest absolute Gasteiger partial charge is 0.444 e. The third kappa shape index (κ3) is 7.18. The second-order valence-corrected chi connectivity index (χ2v) is 23.3. The maximum absolute atomic E-state index is 14.5. The van der Waals surface area contributed by atoms with Crippen molar-refractivity contribution in [2.75, 3.05) is 6.54 Å². The highest BCUT2D eigenvalue weighted by Gasteiger charge is 2.70. The van der Waals surface area contributed by atoms with E-state index in [0.29, 0.717) is 25.7 Å². The second kappa shape index (κ2) is 12.5. The quantitative estimate of drug-likeness (QED) is 0.216. The summed E-state index contributed by atoms with van der Waals surface area (Å²) in [6.07, 6.45) is 6.31. The highest BCUT2D eigenvalue weighted by Crippen LogP contribution is 2.54. The van der Waals surface area contributed by atoms with Gasteiger partial charge in [-0.15, -0.1) is 0 Å². The molecule has 1 saturated heterocycles. The zero-order valence-electron chi connectivity index (χ0n) is 28.7. The fourth-order valence-electron chi connectivity index (χ4n) is 6.32. The molecule has 4 amide bonds. The summed E-state index contributed by atoms with van der Waals surface area (Å²) < 4.78 is 39.7. The number of nitrogens with zero attached hydrogens (tertiary/aromatic N) is 1. The van der Waals surface area contributed by atoms with Gasteiger partial charge in [-0.2, -0.15) is 0 Å². The number of ether oxygens (including phenoxy) is 1. The molecule has 2 heterocycles. The van der Waals surface area contributed by atoms with Gasteiger partial charge < -0.3 is 30.4 Å². The van der Waals surface area contributed by atoms with Gasteiger partial charge in [0.15, 0.2) is 18.2 Å². The van der Waals surface area contributed by atoms with Crippen molar-refractivity contribution >= 4 is 42.0 Å². The lowest BCUT2D eigenvalue weighted by Crippen LogP contribution is -2.68. The van der Waals surface area contributed by atoms with Gasteiger partial charge in [0.1, 0.15) is 16.5 Å². The summed E-state index contributed by atoms with van der Waals surface area (Å²) in [4.78, 5) is 55.1. The summed E-state index contributed by atoms with van der Waals surface area (Å²) in [5.41, 5.74) is 3.01. The predicted octanol–water partition coefficient (Wildman–Crippen LogP) is 3.66. The van der Waals surface area contributed by atoms with Crippen LogP contribution in [0.4, 0.5) is 4.79 Å². The molecule has 12 nitrogen and oxygen atoms in total. The van der Waals surface area contributed by atoms with E-state index in [0.717, 1.165) is 17.7 Å². The van der Waals surface area contributed by atoms with Gasteiger partial charge in [-0.1, -0.05) is 45.8 Å². The molecule has 46 heavy (non-hydrogen) atoms. The second-order valence-electron chi connectivity index (χ2n) is 16.0. The maximum Gasteiger partial charge on any atom is 0.408 e. The zero-order valence-corrected chi connectivity index (χ0v) is 30.6. The van der Waals surface area contributed by atoms with Crippen molar-refractivity contribution in [2.45, 2.75) is 151 Å². The van der Waals surface area contributed by atoms with Crippen LogP contribution in [0.3, 0.4) is 0 Å². The van der Waals surface area contributed by atoms with Crippen molar-refractivity contribution in [3.8, 4) is 0 Å². The standard InChI is InChI=1S/C32H54N4O8SSi/c1-29(2,3)43-28(40)34-24-15-13-11-9-10-12-14-21-18-32(21,45(41,42)23-16-17-23)35-27(39)31(26(33)38)19-22(20-36(31)25(24)37)44-46(7,8)30(4,5)6/h12,14,21-24H,9-11,13,15-20H2,1-8H3,(H2,33,38)(H,34,40)(H,35,39). The fourth-order valence-corrected chi connectivity index (χ4v) is 10.2. The van der Waals surface area contributed by atoms with E-state index in [1.807, 2.05) is 25.2 Å². The Morgan fingerprint density at radius 3 is 2.26 bits per heavy atom. The predicted molar refractivity (Wildman–Crippen MR) is 177 cm³/mol. The monoisotopic (exact) mass is 682 g/mol. The van der Waals surface area contributed by atoms with Gasteiger partial charge in [-0.3, -0.25) is 14.4 Å². The lowest BCUT2D eigenvalue weighted by molar-refractivity contribution is -0.153. The SMILES string of the molecule is CC(C)(C)OC(=O)NC1CCCCCC=CC2CC2(S(=O)(=O)C2CC2)NC(=O)C2(C(N)=O)CC(O[Si](C)(C)C(C)(C)C)CN2C1=O. The molecule has 4 N–H and O–H groups in total. The smallest absolute Gasteiger partial charge is 0.408 e. The van der Waals surface area contributed by atoms with Crippen molar-refractivity contribution in [3.05, 3.63) is 12.2 Å². The maximum atomic E-state index is 14.5. The number of carbonyl (C=O) groups is 4. The Hall–Kier alpha value is -2.45. The lowest BCUT2D eigenvalue weighted by atomic mass is 9.92. The topological polar surface area (TPSA) is 174 Å². The van der Waals surface area contributed by atoms with Gasteiger partial charge in [0, 0.05) is 18.9 Å². The van der Waals surface area contributed by atoms with Crippen LogP contribution in [-0.2, 0) is 33.4 Å². The molecule has 4 aliphatic rings. The minimum absolute atomic E-state index is 0.125. The van der Waals surface area contributed by atoms with E-state index in [2.05, 4.69) is 31.4 Å². The summed E-state index contributed by atoms with van der Waals surface area (Å²) >= 11 is 0. The Morgan fingerprint density at radius 1 is 1.04 bits per heavy atom. The Bertz CT molecular complexity index is 1370. The number of sulfone groups is 1. The number of hydrogen-bond donors (Lipinski definition) is 3. The normalized spacial score (nSPS) is 31.6. The number of rotatable bonds is 6. The van der Waals surface area contributed by atoms with Crippen LogP contribution in [-0.4, -0.2) is 85.4 Å². The Morgan fingerprint density at radius 2 is 1.70 bits per heavy atom. The highest BCUT2D eigenvalue weighted by atomic mass is 32.2. The van der Waals surface area contributed by atoms with Crippen LogP contribution in [0.5, 0.6) is 0 Å². The van der Waals surface area contributed by atoms with Crippen LogP contribution in [0.15, 0.2) is 12.2 Å². The number of alkyl carbamates (subject to hydrolysis) is 1. The molecule has 4 rings (SSSR count). The van der Waals surface area contributed by atoms with Crippen LogP contribution in [0, 0.1) is 5.92 Å². The third-order valence-corrected chi connectivity index (χ3v) is 17.6. The molecule has 2 aliphatic carbocycles. The van der Waals surface area contributed by atoms with Crippen LogP contribution >= 0.6 is 0 Å². The molecule has 0 aromatic carbocycles. The molecule has 14 heteroatoms. The lowest BCUT2D eigenvalue weighted by Gasteiger charge is -2.38. The first-order chi connectivity index (χ1) is 21.1. The number of nitrogens with one attached hydrogen (secondary N) is 2. The minimum atomic E-state index is -3.80. The Labute approximate surface area is 275 Å². The van der Waals surface area contributed by atoms with E-state index in [1.165, 1.54) is 0 Å². The van der Waals surface area contributed by atoms with Crippen molar-refractivity contribution in [3.63, 3.8) is 0 Å². The molecule has 0 spiro atoms. The van der Waals surface area contributed by atoms with Crippen molar-refractivity contribution in [2.24, 2.45) is 11.7 Å². The number of nitrogens with two attached hydrogens (primary N) is 1. The van der Waals surface area contributed by atoms with Crippen molar-refractivity contribution in [1.82, 2.24) is 15.5 Å². The Balaban J connectivity index is 1.79. The molecular formula is C32H54N4O8SSi. The molecule has 0 aromatic heterocycles. The molecule has 0 bridgehead atoms. The number of carbonyl (C=O) groups excluding carboxylic acids is 4. The van der Waals surface area contributed by atoms with Crippen LogP contribution in [0.2, 0.25) is 18.1 Å². The molecule has 260 valence electrons. The van der Waals surface area contributed by atoms with Crippen LogP contribution < -0.4 is 16.4 Å². The molecule has 2 aliphatic heterocycles. The first-order valence-electron chi connectivity index (χ1n) is 16.6. The first kappa shape index (κ1) is 36.4. The fraction of sp³-hybridized carbons (Fsp3) is 0.812. The molecule has 5 unspecified atom stereocenters. The Kier molecular flexibility index (Phi) is 9.91. The van der Waals surface area contributed by atoms with Gasteiger partial charge in [-0.05, 0) is 77.4 Å². The van der Waals surface area contributed by atoms with Gasteiger partial charge in [-0.25, -0.2) is 13.2 Å².